The number of amides is 1. The molecule has 0 spiro atoms. The van der Waals surface area contributed by atoms with Crippen LogP contribution in [-0.4, -0.2) is 38.6 Å². The number of aryl methyl sites for hydroxylation is 1. The molecule has 10 nitrogen and oxygen atoms in total. The van der Waals surface area contributed by atoms with Crippen molar-refractivity contribution in [3.63, 3.8) is 0 Å². The van der Waals surface area contributed by atoms with Gasteiger partial charge in [-0.3, -0.25) is 19.0 Å². The Kier molecular flexibility index (Phi) is 8.25. The summed E-state index contributed by atoms with van der Waals surface area (Å²) in [5.74, 6) is -1.09. The normalized spacial score (nSPS) is 11.5. The van der Waals surface area contributed by atoms with E-state index in [2.05, 4.69) is 10.4 Å². The van der Waals surface area contributed by atoms with Crippen molar-refractivity contribution in [3.05, 3.63) is 81.0 Å². The molecule has 1 aromatic heterocycles. The molecule has 0 radical (unpaired) electrons. The van der Waals surface area contributed by atoms with Gasteiger partial charge in [-0.05, 0) is 19.1 Å². The average molecular weight is 485 g/mol. The summed E-state index contributed by atoms with van der Waals surface area (Å²) in [6.07, 6.45) is -1.24. The van der Waals surface area contributed by atoms with E-state index in [1.807, 2.05) is 6.92 Å². The van der Waals surface area contributed by atoms with Crippen molar-refractivity contribution in [2.75, 3.05) is 17.7 Å². The number of esters is 1. The first-order valence-electron chi connectivity index (χ1n) is 10.4. The Balaban J connectivity index is 1.77. The topological polar surface area (TPSA) is 122 Å². The van der Waals surface area contributed by atoms with Gasteiger partial charge in [0.2, 0.25) is 6.10 Å². The molecule has 0 fully saturated rings. The summed E-state index contributed by atoms with van der Waals surface area (Å²) in [5.41, 5.74) is -0.280. The Hall–Kier alpha value is -3.86. The molecule has 0 saturated heterocycles. The van der Waals surface area contributed by atoms with Crippen molar-refractivity contribution in [2.45, 2.75) is 18.1 Å². The van der Waals surface area contributed by atoms with Crippen LogP contribution in [-0.2, 0) is 28.4 Å². The van der Waals surface area contributed by atoms with E-state index in [-0.39, 0.29) is 10.8 Å². The van der Waals surface area contributed by atoms with E-state index in [9.17, 15) is 19.2 Å². The van der Waals surface area contributed by atoms with Crippen LogP contribution in [0.2, 0.25) is 0 Å². The second kappa shape index (κ2) is 11.3. The van der Waals surface area contributed by atoms with Gasteiger partial charge in [0.15, 0.2) is 5.03 Å². The van der Waals surface area contributed by atoms with Crippen molar-refractivity contribution in [3.8, 4) is 5.75 Å². The fourth-order valence-corrected chi connectivity index (χ4v) is 3.77. The Morgan fingerprint density at radius 1 is 1.06 bits per heavy atom. The summed E-state index contributed by atoms with van der Waals surface area (Å²) >= 11 is 0.824. The quantitative estimate of drug-likeness (QED) is 0.361. The van der Waals surface area contributed by atoms with Gasteiger partial charge in [0, 0.05) is 19.7 Å². The van der Waals surface area contributed by atoms with Gasteiger partial charge in [-0.15, -0.1) is 0 Å². The average Bonchev–Trinajstić information content (AvgIpc) is 2.84. The van der Waals surface area contributed by atoms with Crippen molar-refractivity contribution in [1.29, 1.82) is 0 Å². The summed E-state index contributed by atoms with van der Waals surface area (Å²) in [5, 5.41) is 6.61. The molecule has 1 N–H and O–H groups in total. The van der Waals surface area contributed by atoms with Crippen molar-refractivity contribution >= 4 is 29.3 Å². The second-order valence-electron chi connectivity index (χ2n) is 7.06. The zero-order chi connectivity index (χ0) is 24.7. The minimum absolute atomic E-state index is 0.0343. The number of carbonyl (C=O) groups excluding carboxylic acids is 2. The number of ether oxygens (including phenoxy) is 2. The molecule has 1 amide bonds. The number of hydrogen-bond donors (Lipinski definition) is 1. The molecule has 0 bridgehead atoms. The Morgan fingerprint density at radius 2 is 1.74 bits per heavy atom. The molecule has 178 valence electrons. The van der Waals surface area contributed by atoms with E-state index < -0.39 is 29.2 Å². The molecule has 11 heteroatoms. The van der Waals surface area contributed by atoms with Crippen LogP contribution in [0.4, 0.5) is 5.69 Å². The number of nitrogens with one attached hydrogen (secondary N) is 1. The third kappa shape index (κ3) is 5.93. The smallest absolute Gasteiger partial charge is 0.346 e. The number of nitrogens with zero attached hydrogens (tertiary/aromatic N) is 3. The van der Waals surface area contributed by atoms with Crippen LogP contribution in [0.1, 0.15) is 18.6 Å². The van der Waals surface area contributed by atoms with Gasteiger partial charge in [-0.25, -0.2) is 9.48 Å². The molecule has 34 heavy (non-hydrogen) atoms. The van der Waals surface area contributed by atoms with E-state index in [1.165, 1.54) is 14.1 Å². The number of carbonyl (C=O) groups is 2. The first-order chi connectivity index (χ1) is 16.3. The third-order valence-corrected chi connectivity index (χ3v) is 5.56. The first kappa shape index (κ1) is 24.8. The zero-order valence-electron chi connectivity index (χ0n) is 18.9. The maximum atomic E-state index is 13.1. The highest BCUT2D eigenvalue weighted by atomic mass is 32.2. The van der Waals surface area contributed by atoms with Gasteiger partial charge in [-0.2, -0.15) is 5.10 Å². The number of thioether (sulfide) groups is 1. The molecule has 1 heterocycles. The van der Waals surface area contributed by atoms with Gasteiger partial charge in [-0.1, -0.05) is 54.2 Å². The van der Waals surface area contributed by atoms with Crippen LogP contribution in [0.15, 0.2) is 69.2 Å². The van der Waals surface area contributed by atoms with Crippen LogP contribution in [0.3, 0.4) is 0 Å². The monoisotopic (exact) mass is 484 g/mol. The van der Waals surface area contributed by atoms with Gasteiger partial charge >= 0.3 is 11.7 Å². The van der Waals surface area contributed by atoms with Crippen LogP contribution < -0.4 is 21.3 Å². The lowest BCUT2D eigenvalue weighted by molar-refractivity contribution is -0.152. The van der Waals surface area contributed by atoms with Crippen LogP contribution >= 0.6 is 11.8 Å². The van der Waals surface area contributed by atoms with E-state index >= 15 is 0 Å². The number of aromatic nitrogens is 3. The van der Waals surface area contributed by atoms with Crippen molar-refractivity contribution in [1.82, 2.24) is 14.3 Å². The molecular weight excluding hydrogens is 460 g/mol. The Morgan fingerprint density at radius 3 is 2.44 bits per heavy atom. The van der Waals surface area contributed by atoms with Crippen molar-refractivity contribution in [2.24, 2.45) is 14.1 Å². The third-order valence-electron chi connectivity index (χ3n) is 4.65. The van der Waals surface area contributed by atoms with E-state index in [1.54, 1.807) is 54.6 Å². The highest BCUT2D eigenvalue weighted by Gasteiger charge is 2.26. The summed E-state index contributed by atoms with van der Waals surface area (Å²) < 4.78 is 12.9. The fourth-order valence-electron chi connectivity index (χ4n) is 3.00. The standard InChI is InChI=1S/C23H24N4O6S/c1-4-32-17-13-9-8-12-16(17)24-20(29)19(15-10-6-5-7-11-15)33-18(28)14-34-21-22(30)26(2)23(31)27(3)25-21/h5-13,19H,4,14H2,1-3H3,(H,24,29)/t19-/m0/s1. The minimum atomic E-state index is -1.24. The van der Waals surface area contributed by atoms with Crippen molar-refractivity contribution < 1.29 is 19.1 Å². The lowest BCUT2D eigenvalue weighted by atomic mass is 10.1. The molecule has 1 atom stereocenters. The predicted molar refractivity (Wildman–Crippen MR) is 127 cm³/mol. The molecular formula is C23H24N4O6S. The highest BCUT2D eigenvalue weighted by molar-refractivity contribution is 7.99. The predicted octanol–water partition coefficient (Wildman–Crippen LogP) is 1.89. The fraction of sp³-hybridized carbons (Fsp3) is 0.261. The van der Waals surface area contributed by atoms with Crippen LogP contribution in [0.5, 0.6) is 5.75 Å². The minimum Gasteiger partial charge on any atom is -0.492 e. The van der Waals surface area contributed by atoms with E-state index in [0.717, 1.165) is 21.0 Å². The number of hydrogen-bond acceptors (Lipinski definition) is 8. The van der Waals surface area contributed by atoms with Gasteiger partial charge in [0.05, 0.1) is 18.0 Å². The van der Waals surface area contributed by atoms with E-state index in [0.29, 0.717) is 23.6 Å². The number of rotatable bonds is 9. The van der Waals surface area contributed by atoms with E-state index in [4.69, 9.17) is 9.47 Å². The summed E-state index contributed by atoms with van der Waals surface area (Å²) in [6.45, 7) is 2.25. The largest absolute Gasteiger partial charge is 0.492 e. The SMILES string of the molecule is CCOc1ccccc1NC(=O)[C@@H](OC(=O)CSc1nn(C)c(=O)n(C)c1=O)c1ccccc1. The van der Waals surface area contributed by atoms with Gasteiger partial charge in [0.25, 0.3) is 11.5 Å². The Labute approximate surface area is 199 Å². The summed E-state index contributed by atoms with van der Waals surface area (Å²) in [4.78, 5) is 49.7. The maximum absolute atomic E-state index is 13.1. The summed E-state index contributed by atoms with van der Waals surface area (Å²) in [7, 11) is 2.73. The molecule has 3 aromatic rings. The summed E-state index contributed by atoms with van der Waals surface area (Å²) in [6, 6.07) is 15.5. The number of para-hydroxylation sites is 2. The van der Waals surface area contributed by atoms with Crippen LogP contribution in [0, 0.1) is 0 Å². The maximum Gasteiger partial charge on any atom is 0.346 e. The first-order valence-corrected chi connectivity index (χ1v) is 11.3. The zero-order valence-corrected chi connectivity index (χ0v) is 19.7. The van der Waals surface area contributed by atoms with Gasteiger partial charge in [0.1, 0.15) is 5.75 Å². The lowest BCUT2D eigenvalue weighted by Gasteiger charge is -2.19. The van der Waals surface area contributed by atoms with Crippen LogP contribution in [0.25, 0.3) is 0 Å². The Bertz CT molecular complexity index is 1290. The molecule has 0 aliphatic heterocycles. The lowest BCUT2D eigenvalue weighted by Crippen LogP contribution is -2.39. The number of benzene rings is 2. The molecule has 2 aromatic carbocycles. The van der Waals surface area contributed by atoms with Gasteiger partial charge < -0.3 is 14.8 Å². The molecule has 0 aliphatic carbocycles. The molecule has 0 saturated carbocycles. The second-order valence-corrected chi connectivity index (χ2v) is 8.03. The highest BCUT2D eigenvalue weighted by Crippen LogP contribution is 2.27. The molecule has 3 rings (SSSR count). The number of anilines is 1. The molecule has 0 unspecified atom stereocenters. The molecule has 0 aliphatic rings.